The summed E-state index contributed by atoms with van der Waals surface area (Å²) in [7, 11) is 1.68. The third-order valence-electron chi connectivity index (χ3n) is 4.10. The Morgan fingerprint density at radius 1 is 1.61 bits per heavy atom. The van der Waals surface area contributed by atoms with Gasteiger partial charge in [0.2, 0.25) is 0 Å². The SMILES string of the molecule is COC1(C(N)c2ccncc2F)CCCC(C)C1. The molecule has 0 spiro atoms. The van der Waals surface area contributed by atoms with Crippen LogP contribution in [0.2, 0.25) is 0 Å². The molecule has 1 aromatic rings. The van der Waals surface area contributed by atoms with Crippen LogP contribution in [-0.2, 0) is 4.74 Å². The molecule has 1 aliphatic rings. The summed E-state index contributed by atoms with van der Waals surface area (Å²) in [6.07, 6.45) is 6.83. The number of ether oxygens (including phenoxy) is 1. The van der Waals surface area contributed by atoms with Gasteiger partial charge in [-0.2, -0.15) is 0 Å². The zero-order chi connectivity index (χ0) is 13.2. The summed E-state index contributed by atoms with van der Waals surface area (Å²) in [5, 5.41) is 0. The number of halogens is 1. The number of aromatic nitrogens is 1. The summed E-state index contributed by atoms with van der Waals surface area (Å²) in [6, 6.07) is 1.22. The molecule has 18 heavy (non-hydrogen) atoms. The first kappa shape index (κ1) is 13.4. The standard InChI is InChI=1S/C14H21FN2O/c1-10-4-3-6-14(8-10,18-2)13(16)11-5-7-17-9-12(11)15/h5,7,9-10,13H,3-4,6,8,16H2,1-2H3. The van der Waals surface area contributed by atoms with Gasteiger partial charge in [0.05, 0.1) is 17.8 Å². The van der Waals surface area contributed by atoms with Crippen molar-refractivity contribution in [3.8, 4) is 0 Å². The third kappa shape index (κ3) is 2.40. The van der Waals surface area contributed by atoms with Crippen LogP contribution in [0.5, 0.6) is 0 Å². The molecular formula is C14H21FN2O. The molecule has 0 bridgehead atoms. The van der Waals surface area contributed by atoms with Crippen LogP contribution in [0.25, 0.3) is 0 Å². The van der Waals surface area contributed by atoms with Crippen LogP contribution in [0.4, 0.5) is 4.39 Å². The molecular weight excluding hydrogens is 231 g/mol. The maximum Gasteiger partial charge on any atom is 0.146 e. The molecule has 1 fully saturated rings. The van der Waals surface area contributed by atoms with E-state index in [4.69, 9.17) is 10.5 Å². The van der Waals surface area contributed by atoms with E-state index in [1.807, 2.05) is 0 Å². The van der Waals surface area contributed by atoms with Crippen LogP contribution in [0, 0.1) is 11.7 Å². The highest BCUT2D eigenvalue weighted by molar-refractivity contribution is 5.21. The molecule has 2 rings (SSSR count). The second kappa shape index (κ2) is 5.33. The zero-order valence-corrected chi connectivity index (χ0v) is 11.0. The fraction of sp³-hybridized carbons (Fsp3) is 0.643. The minimum Gasteiger partial charge on any atom is -0.376 e. The Morgan fingerprint density at radius 2 is 2.39 bits per heavy atom. The Hall–Kier alpha value is -1.00. The molecule has 100 valence electrons. The van der Waals surface area contributed by atoms with Crippen LogP contribution in [-0.4, -0.2) is 17.7 Å². The number of nitrogens with two attached hydrogens (primary N) is 1. The van der Waals surface area contributed by atoms with E-state index in [1.165, 1.54) is 12.6 Å². The molecule has 4 heteroatoms. The second-order valence-corrected chi connectivity index (χ2v) is 5.35. The maximum absolute atomic E-state index is 13.8. The lowest BCUT2D eigenvalue weighted by Gasteiger charge is -2.43. The lowest BCUT2D eigenvalue weighted by molar-refractivity contribution is -0.0724. The fourth-order valence-corrected chi connectivity index (χ4v) is 3.06. The van der Waals surface area contributed by atoms with Gasteiger partial charge in [0.1, 0.15) is 5.82 Å². The Morgan fingerprint density at radius 3 is 3.00 bits per heavy atom. The van der Waals surface area contributed by atoms with Gasteiger partial charge in [-0.05, 0) is 24.8 Å². The predicted octanol–water partition coefficient (Wildman–Crippen LogP) is 2.82. The van der Waals surface area contributed by atoms with Crippen molar-refractivity contribution in [2.75, 3.05) is 7.11 Å². The predicted molar refractivity (Wildman–Crippen MR) is 68.5 cm³/mol. The highest BCUT2D eigenvalue weighted by atomic mass is 19.1. The van der Waals surface area contributed by atoms with Gasteiger partial charge in [-0.1, -0.05) is 19.8 Å². The van der Waals surface area contributed by atoms with Gasteiger partial charge in [-0.25, -0.2) is 4.39 Å². The van der Waals surface area contributed by atoms with Gasteiger partial charge in [0.15, 0.2) is 0 Å². The van der Waals surface area contributed by atoms with E-state index < -0.39 is 11.6 Å². The topological polar surface area (TPSA) is 48.1 Å². The van der Waals surface area contributed by atoms with Crippen LogP contribution < -0.4 is 5.73 Å². The van der Waals surface area contributed by atoms with Crippen molar-refractivity contribution in [3.05, 3.63) is 29.8 Å². The Balaban J connectivity index is 2.30. The highest BCUT2D eigenvalue weighted by Crippen LogP contribution is 2.42. The first-order chi connectivity index (χ1) is 8.59. The highest BCUT2D eigenvalue weighted by Gasteiger charge is 2.41. The average molecular weight is 252 g/mol. The lowest BCUT2D eigenvalue weighted by atomic mass is 9.73. The first-order valence-corrected chi connectivity index (χ1v) is 6.49. The molecule has 0 radical (unpaired) electrons. The van der Waals surface area contributed by atoms with E-state index in [1.54, 1.807) is 19.4 Å². The van der Waals surface area contributed by atoms with E-state index in [-0.39, 0.29) is 5.82 Å². The monoisotopic (exact) mass is 252 g/mol. The zero-order valence-electron chi connectivity index (χ0n) is 11.0. The number of hydrogen-bond donors (Lipinski definition) is 1. The maximum atomic E-state index is 13.8. The summed E-state index contributed by atoms with van der Waals surface area (Å²) < 4.78 is 19.5. The van der Waals surface area contributed by atoms with Crippen LogP contribution in [0.1, 0.15) is 44.2 Å². The third-order valence-corrected chi connectivity index (χ3v) is 4.10. The summed E-state index contributed by atoms with van der Waals surface area (Å²) in [5.41, 5.74) is 6.34. The van der Waals surface area contributed by atoms with Crippen molar-refractivity contribution in [1.82, 2.24) is 4.98 Å². The minimum atomic E-state index is -0.445. The number of hydrogen-bond acceptors (Lipinski definition) is 3. The lowest BCUT2D eigenvalue weighted by Crippen LogP contribution is -2.46. The smallest absolute Gasteiger partial charge is 0.146 e. The second-order valence-electron chi connectivity index (χ2n) is 5.35. The van der Waals surface area contributed by atoms with Gasteiger partial charge in [-0.3, -0.25) is 4.98 Å². The molecule has 3 nitrogen and oxygen atoms in total. The fourth-order valence-electron chi connectivity index (χ4n) is 3.06. The summed E-state index contributed by atoms with van der Waals surface area (Å²) >= 11 is 0. The van der Waals surface area contributed by atoms with Crippen molar-refractivity contribution in [2.45, 2.75) is 44.2 Å². The van der Waals surface area contributed by atoms with Crippen molar-refractivity contribution >= 4 is 0 Å². The summed E-state index contributed by atoms with van der Waals surface area (Å²) in [5.74, 6) is 0.217. The van der Waals surface area contributed by atoms with E-state index >= 15 is 0 Å². The molecule has 0 saturated heterocycles. The van der Waals surface area contributed by atoms with Crippen molar-refractivity contribution in [1.29, 1.82) is 0 Å². The molecule has 1 saturated carbocycles. The molecule has 1 heterocycles. The van der Waals surface area contributed by atoms with Gasteiger partial charge >= 0.3 is 0 Å². The molecule has 2 N–H and O–H groups in total. The van der Waals surface area contributed by atoms with Crippen LogP contribution in [0.15, 0.2) is 18.5 Å². The molecule has 3 unspecified atom stereocenters. The molecule has 0 amide bonds. The summed E-state index contributed by atoms with van der Waals surface area (Å²) in [6.45, 7) is 2.20. The molecule has 1 aromatic heterocycles. The van der Waals surface area contributed by atoms with Gasteiger partial charge in [-0.15, -0.1) is 0 Å². The van der Waals surface area contributed by atoms with Gasteiger partial charge in [0, 0.05) is 18.9 Å². The van der Waals surface area contributed by atoms with E-state index in [0.717, 1.165) is 19.3 Å². The molecule has 0 aromatic carbocycles. The van der Waals surface area contributed by atoms with Gasteiger partial charge < -0.3 is 10.5 Å². The largest absolute Gasteiger partial charge is 0.376 e. The number of nitrogens with zero attached hydrogens (tertiary/aromatic N) is 1. The van der Waals surface area contributed by atoms with E-state index in [9.17, 15) is 4.39 Å². The number of rotatable bonds is 3. The average Bonchev–Trinajstić information content (AvgIpc) is 2.38. The molecule has 3 atom stereocenters. The Labute approximate surface area is 108 Å². The minimum absolute atomic E-state index is 0.348. The van der Waals surface area contributed by atoms with Crippen molar-refractivity contribution in [3.63, 3.8) is 0 Å². The van der Waals surface area contributed by atoms with Crippen molar-refractivity contribution in [2.24, 2.45) is 11.7 Å². The molecule has 0 aliphatic heterocycles. The Bertz CT molecular complexity index is 413. The normalized spacial score (nSPS) is 30.1. The first-order valence-electron chi connectivity index (χ1n) is 6.49. The molecule has 1 aliphatic carbocycles. The Kier molecular flexibility index (Phi) is 3.97. The van der Waals surface area contributed by atoms with Crippen molar-refractivity contribution < 1.29 is 9.13 Å². The van der Waals surface area contributed by atoms with Gasteiger partial charge in [0.25, 0.3) is 0 Å². The van der Waals surface area contributed by atoms with E-state index in [0.29, 0.717) is 11.5 Å². The van der Waals surface area contributed by atoms with E-state index in [2.05, 4.69) is 11.9 Å². The summed E-state index contributed by atoms with van der Waals surface area (Å²) in [4.78, 5) is 3.76. The quantitative estimate of drug-likeness (QED) is 0.899. The number of pyridine rings is 1. The number of methoxy groups -OCH3 is 1. The van der Waals surface area contributed by atoms with Crippen LogP contribution >= 0.6 is 0 Å². The van der Waals surface area contributed by atoms with Crippen LogP contribution in [0.3, 0.4) is 0 Å².